The van der Waals surface area contributed by atoms with Gasteiger partial charge in [0, 0.05) is 32.7 Å². The van der Waals surface area contributed by atoms with Crippen molar-refractivity contribution in [3.63, 3.8) is 0 Å². The average Bonchev–Trinajstić information content (AvgIpc) is 2.76. The van der Waals surface area contributed by atoms with Gasteiger partial charge in [-0.2, -0.15) is 4.31 Å². The molecule has 1 amide bonds. The molecule has 0 radical (unpaired) electrons. The minimum atomic E-state index is -3.74. The summed E-state index contributed by atoms with van der Waals surface area (Å²) in [6.07, 6.45) is -0.137. The van der Waals surface area contributed by atoms with Gasteiger partial charge in [-0.15, -0.1) is 0 Å². The fraction of sp³-hybridized carbons (Fsp3) is 0.417. The summed E-state index contributed by atoms with van der Waals surface area (Å²) < 4.78 is 33.5. The summed E-state index contributed by atoms with van der Waals surface area (Å²) in [5.41, 5.74) is 0.622. The number of benzene rings is 2. The highest BCUT2D eigenvalue weighted by Crippen LogP contribution is 2.28. The maximum absolute atomic E-state index is 13.2. The molecule has 0 bridgehead atoms. The van der Waals surface area contributed by atoms with E-state index in [1.54, 1.807) is 44.4 Å². The molecule has 3 atom stereocenters. The molecule has 7 nitrogen and oxygen atoms in total. The number of rotatable bonds is 6. The summed E-state index contributed by atoms with van der Waals surface area (Å²) in [4.78, 5) is 27.0. The van der Waals surface area contributed by atoms with Crippen LogP contribution < -0.4 is 0 Å². The predicted molar refractivity (Wildman–Crippen MR) is 121 cm³/mol. The van der Waals surface area contributed by atoms with E-state index in [9.17, 15) is 18.0 Å². The molecule has 2 aromatic carbocycles. The fourth-order valence-electron chi connectivity index (χ4n) is 4.03. The van der Waals surface area contributed by atoms with Crippen LogP contribution in [0.25, 0.3) is 0 Å². The highest BCUT2D eigenvalue weighted by molar-refractivity contribution is 7.89. The zero-order chi connectivity index (χ0) is 23.5. The molecule has 1 aliphatic rings. The highest BCUT2D eigenvalue weighted by Gasteiger charge is 2.32. The Kier molecular flexibility index (Phi) is 7.36. The van der Waals surface area contributed by atoms with Gasteiger partial charge in [0.25, 0.3) is 5.91 Å². The van der Waals surface area contributed by atoms with E-state index in [1.165, 1.54) is 33.5 Å². The first-order chi connectivity index (χ1) is 15.1. The second kappa shape index (κ2) is 9.83. The van der Waals surface area contributed by atoms with E-state index in [2.05, 4.69) is 0 Å². The summed E-state index contributed by atoms with van der Waals surface area (Å²) >= 11 is 0. The summed E-state index contributed by atoms with van der Waals surface area (Å²) in [5.74, 6) is -0.605. The van der Waals surface area contributed by atoms with Gasteiger partial charge in [0.05, 0.1) is 10.5 Å². The number of sulfonamides is 1. The molecule has 3 rings (SSSR count). The zero-order valence-electron chi connectivity index (χ0n) is 18.9. The molecule has 172 valence electrons. The number of hydrogen-bond donors (Lipinski definition) is 0. The molecule has 0 saturated carbocycles. The van der Waals surface area contributed by atoms with Crippen LogP contribution in [0.5, 0.6) is 0 Å². The van der Waals surface area contributed by atoms with Crippen LogP contribution in [-0.2, 0) is 19.6 Å². The van der Waals surface area contributed by atoms with Crippen molar-refractivity contribution in [2.75, 3.05) is 27.2 Å². The predicted octanol–water partition coefficient (Wildman–Crippen LogP) is 3.34. The quantitative estimate of drug-likeness (QED) is 0.620. The maximum Gasteiger partial charge on any atom is 0.339 e. The van der Waals surface area contributed by atoms with E-state index in [-0.39, 0.29) is 28.2 Å². The fourth-order valence-corrected chi connectivity index (χ4v) is 5.76. The van der Waals surface area contributed by atoms with E-state index in [4.69, 9.17) is 4.74 Å². The molecule has 8 heteroatoms. The molecule has 0 N–H and O–H groups in total. The molecule has 0 aromatic heterocycles. The molecular formula is C24H30N2O5S. The monoisotopic (exact) mass is 458 g/mol. The van der Waals surface area contributed by atoms with E-state index in [1.807, 2.05) is 13.8 Å². The lowest BCUT2D eigenvalue weighted by molar-refractivity contribution is -0.138. The van der Waals surface area contributed by atoms with Gasteiger partial charge in [0.1, 0.15) is 0 Å². The second-order valence-corrected chi connectivity index (χ2v) is 10.7. The summed E-state index contributed by atoms with van der Waals surface area (Å²) in [7, 11) is -0.577. The largest absolute Gasteiger partial charge is 0.444 e. The third kappa shape index (κ3) is 5.37. The van der Waals surface area contributed by atoms with Gasteiger partial charge in [0.2, 0.25) is 16.1 Å². The Balaban J connectivity index is 1.86. The Bertz CT molecular complexity index is 1060. The molecule has 2 aromatic rings. The number of piperidine rings is 1. The molecule has 1 heterocycles. The van der Waals surface area contributed by atoms with Crippen LogP contribution in [0.4, 0.5) is 0 Å². The summed E-state index contributed by atoms with van der Waals surface area (Å²) in [5, 5.41) is 0. The highest BCUT2D eigenvalue weighted by atomic mass is 32.2. The van der Waals surface area contributed by atoms with Crippen molar-refractivity contribution in [3.8, 4) is 0 Å². The Hall–Kier alpha value is -2.71. The number of carbonyl (C=O) groups excluding carboxylic acids is 2. The van der Waals surface area contributed by atoms with Crippen molar-refractivity contribution in [2.45, 2.75) is 31.3 Å². The van der Waals surface area contributed by atoms with Gasteiger partial charge < -0.3 is 9.64 Å². The minimum absolute atomic E-state index is 0.0449. The van der Waals surface area contributed by atoms with Crippen LogP contribution in [0.1, 0.15) is 42.3 Å². The molecule has 0 spiro atoms. The number of amides is 1. The van der Waals surface area contributed by atoms with Crippen LogP contribution in [0, 0.1) is 11.8 Å². The Morgan fingerprint density at radius 2 is 1.62 bits per heavy atom. The standard InChI is InChI=1S/C24H30N2O5S/c1-17-13-18(2)16-26(15-17)32(29,30)21-12-8-11-20(14-21)24(28)31-22(23(27)25(3)4)19-9-6-5-7-10-19/h5-12,14,17-18,22H,13,15-16H2,1-4H3/t17-,18+,22-/m1/s1. The van der Waals surface area contributed by atoms with E-state index in [0.717, 1.165) is 6.42 Å². The number of hydrogen-bond acceptors (Lipinski definition) is 5. The lowest BCUT2D eigenvalue weighted by Gasteiger charge is -2.34. The maximum atomic E-state index is 13.2. The Labute approximate surface area is 190 Å². The molecular weight excluding hydrogens is 428 g/mol. The van der Waals surface area contributed by atoms with Gasteiger partial charge in [-0.3, -0.25) is 4.79 Å². The lowest BCUT2D eigenvalue weighted by atomic mass is 9.94. The van der Waals surface area contributed by atoms with E-state index >= 15 is 0 Å². The van der Waals surface area contributed by atoms with Gasteiger partial charge >= 0.3 is 5.97 Å². The molecule has 1 aliphatic heterocycles. The Morgan fingerprint density at radius 3 is 2.22 bits per heavy atom. The van der Waals surface area contributed by atoms with Gasteiger partial charge in [0.15, 0.2) is 0 Å². The number of ether oxygens (including phenoxy) is 1. The molecule has 0 unspecified atom stereocenters. The van der Waals surface area contributed by atoms with Crippen molar-refractivity contribution in [3.05, 3.63) is 65.7 Å². The van der Waals surface area contributed by atoms with E-state index < -0.39 is 22.1 Å². The SMILES string of the molecule is C[C@@H]1C[C@H](C)CN(S(=O)(=O)c2cccc(C(=O)O[C@@H](C(=O)N(C)C)c3ccccc3)c2)C1. The van der Waals surface area contributed by atoms with Crippen LogP contribution in [0.3, 0.4) is 0 Å². The smallest absolute Gasteiger partial charge is 0.339 e. The van der Waals surface area contributed by atoms with Crippen LogP contribution in [-0.4, -0.2) is 56.7 Å². The number of esters is 1. The van der Waals surface area contributed by atoms with Crippen LogP contribution in [0.2, 0.25) is 0 Å². The van der Waals surface area contributed by atoms with Crippen molar-refractivity contribution in [1.29, 1.82) is 0 Å². The van der Waals surface area contributed by atoms with Crippen molar-refractivity contribution >= 4 is 21.9 Å². The van der Waals surface area contributed by atoms with Crippen LogP contribution >= 0.6 is 0 Å². The third-order valence-electron chi connectivity index (χ3n) is 5.54. The molecule has 32 heavy (non-hydrogen) atoms. The molecule has 1 saturated heterocycles. The number of nitrogens with zero attached hydrogens (tertiary/aromatic N) is 2. The first-order valence-corrected chi connectivity index (χ1v) is 12.1. The first kappa shape index (κ1) is 23.9. The van der Waals surface area contributed by atoms with Gasteiger partial charge in [-0.25, -0.2) is 13.2 Å². The van der Waals surface area contributed by atoms with Gasteiger partial charge in [-0.05, 0) is 36.5 Å². The first-order valence-electron chi connectivity index (χ1n) is 10.7. The third-order valence-corrected chi connectivity index (χ3v) is 7.36. The summed E-state index contributed by atoms with van der Waals surface area (Å²) in [6, 6.07) is 14.5. The number of carbonyl (C=O) groups is 2. The van der Waals surface area contributed by atoms with Gasteiger partial charge in [-0.1, -0.05) is 50.2 Å². The van der Waals surface area contributed by atoms with E-state index in [0.29, 0.717) is 18.7 Å². The molecule has 1 fully saturated rings. The Morgan fingerprint density at radius 1 is 1.00 bits per heavy atom. The van der Waals surface area contributed by atoms with Crippen molar-refractivity contribution in [2.24, 2.45) is 11.8 Å². The second-order valence-electron chi connectivity index (χ2n) is 8.72. The normalized spacial score (nSPS) is 20.4. The topological polar surface area (TPSA) is 84.0 Å². The zero-order valence-corrected chi connectivity index (χ0v) is 19.7. The van der Waals surface area contributed by atoms with Crippen molar-refractivity contribution in [1.82, 2.24) is 9.21 Å². The number of likely N-dealkylation sites (N-methyl/N-ethyl adjacent to an activating group) is 1. The van der Waals surface area contributed by atoms with Crippen molar-refractivity contribution < 1.29 is 22.7 Å². The molecule has 0 aliphatic carbocycles. The average molecular weight is 459 g/mol. The minimum Gasteiger partial charge on any atom is -0.444 e. The summed E-state index contributed by atoms with van der Waals surface area (Å²) in [6.45, 7) is 4.98. The van der Waals surface area contributed by atoms with Crippen LogP contribution in [0.15, 0.2) is 59.5 Å². The lowest BCUT2D eigenvalue weighted by Crippen LogP contribution is -2.42.